The normalized spacial score (nSPS) is 10.7. The van der Waals surface area contributed by atoms with Crippen LogP contribution in [0, 0.1) is 13.8 Å². The highest BCUT2D eigenvalue weighted by Crippen LogP contribution is 2.32. The van der Waals surface area contributed by atoms with Gasteiger partial charge in [-0.25, -0.2) is 4.98 Å². The summed E-state index contributed by atoms with van der Waals surface area (Å²) in [5, 5.41) is 2.29. The maximum Gasteiger partial charge on any atom is 0.238 e. The van der Waals surface area contributed by atoms with Gasteiger partial charge in [0.25, 0.3) is 0 Å². The number of rotatable bonds is 3. The van der Waals surface area contributed by atoms with E-state index in [2.05, 4.69) is 23.4 Å². The number of aromatic nitrogens is 2. The largest absolute Gasteiger partial charge is 0.479 e. The summed E-state index contributed by atoms with van der Waals surface area (Å²) in [7, 11) is 1.64. The lowest BCUT2D eigenvalue weighted by Crippen LogP contribution is -2.03. The van der Waals surface area contributed by atoms with E-state index in [4.69, 9.17) is 27.9 Å². The number of ether oxygens (including phenoxy) is 1. The summed E-state index contributed by atoms with van der Waals surface area (Å²) in [6.45, 7) is 4.91. The van der Waals surface area contributed by atoms with E-state index >= 15 is 0 Å². The smallest absolute Gasteiger partial charge is 0.238 e. The SMILES string of the molecule is COc1nccc2c(C)c(C)n(Cc3ccc(Cl)c(Cl)c3)c12.Cl. The van der Waals surface area contributed by atoms with Crippen molar-refractivity contribution < 1.29 is 4.74 Å². The second kappa shape index (κ2) is 7.00. The molecule has 0 spiro atoms. The first kappa shape index (κ1) is 17.9. The van der Waals surface area contributed by atoms with Crippen molar-refractivity contribution in [3.63, 3.8) is 0 Å². The zero-order valence-corrected chi connectivity index (χ0v) is 15.4. The number of halogens is 3. The average molecular weight is 372 g/mol. The molecule has 0 aliphatic rings. The third kappa shape index (κ3) is 3.14. The maximum atomic E-state index is 6.12. The topological polar surface area (TPSA) is 27.1 Å². The van der Waals surface area contributed by atoms with Crippen molar-refractivity contribution in [3.8, 4) is 5.88 Å². The molecule has 2 aromatic heterocycles. The fourth-order valence-electron chi connectivity index (χ4n) is 2.73. The van der Waals surface area contributed by atoms with Gasteiger partial charge < -0.3 is 9.30 Å². The van der Waals surface area contributed by atoms with Crippen molar-refractivity contribution in [1.29, 1.82) is 0 Å². The molecule has 0 unspecified atom stereocenters. The van der Waals surface area contributed by atoms with Gasteiger partial charge in [-0.3, -0.25) is 0 Å². The molecule has 0 saturated heterocycles. The molecule has 122 valence electrons. The minimum atomic E-state index is 0. The second-order valence-corrected chi connectivity index (χ2v) is 6.08. The van der Waals surface area contributed by atoms with E-state index in [9.17, 15) is 0 Å². The van der Waals surface area contributed by atoms with Gasteiger partial charge in [0.2, 0.25) is 5.88 Å². The summed E-state index contributed by atoms with van der Waals surface area (Å²) in [6, 6.07) is 7.72. The molecule has 3 aromatic rings. The molecule has 0 radical (unpaired) electrons. The van der Waals surface area contributed by atoms with E-state index in [1.165, 1.54) is 11.3 Å². The molecule has 0 saturated carbocycles. The standard InChI is InChI=1S/C17H16Cl2N2O.ClH/c1-10-11(2)21(9-12-4-5-14(18)15(19)8-12)16-13(10)6-7-20-17(16)22-3;/h4-8H,9H2,1-3H3;1H. The van der Waals surface area contributed by atoms with Crippen LogP contribution in [0.25, 0.3) is 10.9 Å². The minimum Gasteiger partial charge on any atom is -0.479 e. The summed E-state index contributed by atoms with van der Waals surface area (Å²) in [4.78, 5) is 4.32. The Morgan fingerprint density at radius 2 is 1.87 bits per heavy atom. The number of fused-ring (bicyclic) bond motifs is 1. The van der Waals surface area contributed by atoms with Gasteiger partial charge in [0.15, 0.2) is 0 Å². The minimum absolute atomic E-state index is 0. The Bertz CT molecular complexity index is 859. The van der Waals surface area contributed by atoms with Gasteiger partial charge in [-0.05, 0) is 43.2 Å². The van der Waals surface area contributed by atoms with Gasteiger partial charge in [0.05, 0.1) is 17.2 Å². The summed E-state index contributed by atoms with van der Waals surface area (Å²) in [5.41, 5.74) is 4.51. The number of nitrogens with zero attached hydrogens (tertiary/aromatic N) is 2. The van der Waals surface area contributed by atoms with Gasteiger partial charge in [-0.15, -0.1) is 12.4 Å². The molecular weight excluding hydrogens is 355 g/mol. The van der Waals surface area contributed by atoms with Crippen molar-refractivity contribution in [2.45, 2.75) is 20.4 Å². The predicted molar refractivity (Wildman–Crippen MR) is 98.6 cm³/mol. The Kier molecular flexibility index (Phi) is 5.45. The third-order valence-electron chi connectivity index (χ3n) is 4.03. The van der Waals surface area contributed by atoms with Crippen LogP contribution in [0.15, 0.2) is 30.5 Å². The number of benzene rings is 1. The Morgan fingerprint density at radius 1 is 1.13 bits per heavy atom. The van der Waals surface area contributed by atoms with E-state index in [0.717, 1.165) is 16.5 Å². The van der Waals surface area contributed by atoms with E-state index < -0.39 is 0 Å². The lowest BCUT2D eigenvalue weighted by atomic mass is 10.2. The van der Waals surface area contributed by atoms with Crippen molar-refractivity contribution in [1.82, 2.24) is 9.55 Å². The van der Waals surface area contributed by atoms with E-state index in [1.54, 1.807) is 13.3 Å². The summed E-state index contributed by atoms with van der Waals surface area (Å²) >= 11 is 12.1. The lowest BCUT2D eigenvalue weighted by Gasteiger charge is -2.11. The molecule has 0 fully saturated rings. The van der Waals surface area contributed by atoms with Crippen LogP contribution in [0.5, 0.6) is 5.88 Å². The monoisotopic (exact) mass is 370 g/mol. The second-order valence-electron chi connectivity index (χ2n) is 5.26. The maximum absolute atomic E-state index is 6.12. The summed E-state index contributed by atoms with van der Waals surface area (Å²) < 4.78 is 7.64. The molecule has 3 nitrogen and oxygen atoms in total. The molecule has 0 aliphatic heterocycles. The highest BCUT2D eigenvalue weighted by molar-refractivity contribution is 6.42. The van der Waals surface area contributed by atoms with Crippen LogP contribution < -0.4 is 4.74 Å². The van der Waals surface area contributed by atoms with E-state index in [1.807, 2.05) is 24.3 Å². The third-order valence-corrected chi connectivity index (χ3v) is 4.77. The number of hydrogen-bond donors (Lipinski definition) is 0. The molecule has 2 heterocycles. The number of methoxy groups -OCH3 is 1. The molecule has 6 heteroatoms. The Balaban J connectivity index is 0.00000192. The molecule has 0 aliphatic carbocycles. The molecular formula is C17H17Cl3N2O. The molecule has 0 N–H and O–H groups in total. The van der Waals surface area contributed by atoms with Crippen molar-refractivity contribution in [2.75, 3.05) is 7.11 Å². The zero-order valence-electron chi connectivity index (χ0n) is 13.1. The first-order valence-electron chi connectivity index (χ1n) is 6.95. The van der Waals surface area contributed by atoms with Gasteiger partial charge in [-0.2, -0.15) is 0 Å². The highest BCUT2D eigenvalue weighted by atomic mass is 35.5. The molecule has 0 bridgehead atoms. The van der Waals surface area contributed by atoms with Gasteiger partial charge in [-0.1, -0.05) is 29.3 Å². The predicted octanol–water partition coefficient (Wildman–Crippen LogP) is 5.44. The average Bonchev–Trinajstić information content (AvgIpc) is 2.76. The van der Waals surface area contributed by atoms with Crippen LogP contribution in [0.1, 0.15) is 16.8 Å². The molecule has 0 amide bonds. The fraction of sp³-hybridized carbons (Fsp3) is 0.235. The number of hydrogen-bond acceptors (Lipinski definition) is 2. The molecule has 1 aromatic carbocycles. The van der Waals surface area contributed by atoms with Crippen molar-refractivity contribution >= 4 is 46.5 Å². The highest BCUT2D eigenvalue weighted by Gasteiger charge is 2.16. The van der Waals surface area contributed by atoms with E-state index in [-0.39, 0.29) is 12.4 Å². The van der Waals surface area contributed by atoms with Crippen LogP contribution in [-0.2, 0) is 6.54 Å². The van der Waals surface area contributed by atoms with Crippen LogP contribution in [-0.4, -0.2) is 16.7 Å². The molecule has 0 atom stereocenters. The zero-order chi connectivity index (χ0) is 15.9. The van der Waals surface area contributed by atoms with Crippen LogP contribution in [0.3, 0.4) is 0 Å². The Hall–Kier alpha value is -1.42. The van der Waals surface area contributed by atoms with Gasteiger partial charge in [0, 0.05) is 23.8 Å². The molecule has 23 heavy (non-hydrogen) atoms. The van der Waals surface area contributed by atoms with Crippen LogP contribution in [0.2, 0.25) is 10.0 Å². The van der Waals surface area contributed by atoms with Crippen LogP contribution in [0.4, 0.5) is 0 Å². The van der Waals surface area contributed by atoms with Crippen molar-refractivity contribution in [3.05, 3.63) is 57.3 Å². The number of pyridine rings is 1. The Morgan fingerprint density at radius 3 is 2.52 bits per heavy atom. The quantitative estimate of drug-likeness (QED) is 0.613. The first-order chi connectivity index (χ1) is 10.5. The lowest BCUT2D eigenvalue weighted by molar-refractivity contribution is 0.401. The van der Waals surface area contributed by atoms with Crippen molar-refractivity contribution in [2.24, 2.45) is 0 Å². The molecule has 3 rings (SSSR count). The summed E-state index contributed by atoms with van der Waals surface area (Å²) in [5.74, 6) is 0.633. The van der Waals surface area contributed by atoms with Gasteiger partial charge >= 0.3 is 0 Å². The van der Waals surface area contributed by atoms with Gasteiger partial charge in [0.1, 0.15) is 5.52 Å². The Labute approximate surface area is 151 Å². The number of aryl methyl sites for hydroxylation is 1. The fourth-order valence-corrected chi connectivity index (χ4v) is 3.05. The summed E-state index contributed by atoms with van der Waals surface area (Å²) in [6.07, 6.45) is 1.77. The van der Waals surface area contributed by atoms with E-state index in [0.29, 0.717) is 22.5 Å². The first-order valence-corrected chi connectivity index (χ1v) is 7.71. The van der Waals surface area contributed by atoms with Crippen LogP contribution >= 0.6 is 35.6 Å².